The lowest BCUT2D eigenvalue weighted by Gasteiger charge is -2.46. The van der Waals surface area contributed by atoms with Crippen molar-refractivity contribution in [2.75, 3.05) is 0 Å². The van der Waals surface area contributed by atoms with Crippen LogP contribution in [0.25, 0.3) is 10.8 Å². The van der Waals surface area contributed by atoms with Gasteiger partial charge in [-0.2, -0.15) is 132 Å². The predicted octanol–water partition coefficient (Wildman–Crippen LogP) is 14.1. The quantitative estimate of drug-likeness (QED) is 0.0380. The molecule has 0 spiro atoms. The van der Waals surface area contributed by atoms with Crippen LogP contribution in [0.3, 0.4) is 0 Å². The molecule has 420 valence electrons. The van der Waals surface area contributed by atoms with Gasteiger partial charge in [-0.1, -0.05) is 91.0 Å². The average Bonchev–Trinajstić information content (AvgIpc) is 3.35. The number of benzene rings is 6. The zero-order valence-corrected chi connectivity index (χ0v) is 38.3. The summed E-state index contributed by atoms with van der Waals surface area (Å²) < 4.78 is 342. The Balaban J connectivity index is 0.000000378. The van der Waals surface area contributed by atoms with Crippen LogP contribution >= 0.6 is 0 Å². The van der Waals surface area contributed by atoms with E-state index in [1.165, 1.54) is 6.07 Å². The van der Waals surface area contributed by atoms with Crippen LogP contribution < -0.4 is 26.4 Å². The molecule has 0 N–H and O–H groups in total. The zero-order chi connectivity index (χ0) is 59.4. The molecule has 1 heterocycles. The molecule has 0 aliphatic rings. The molecule has 0 amide bonds. The summed E-state index contributed by atoms with van der Waals surface area (Å²) in [4.78, 5) is 22.9. The van der Waals surface area contributed by atoms with Gasteiger partial charge in [0.25, 0.3) is 5.69 Å². The first-order chi connectivity index (χ1) is 35.9. The molecule has 0 saturated heterocycles. The minimum atomic E-state index is -6.13. The average molecular weight is 1160 g/mol. The topological polar surface area (TPSA) is 64.1 Å². The molecule has 0 aliphatic heterocycles. The number of aromatic nitrogens is 1. The third kappa shape index (κ3) is 13.5. The van der Waals surface area contributed by atoms with Gasteiger partial charge < -0.3 is 0 Å². The summed E-state index contributed by atoms with van der Waals surface area (Å²) in [5.41, 5.74) is -29.5. The molecule has 6 aromatic carbocycles. The summed E-state index contributed by atoms with van der Waals surface area (Å²) in [6.45, 7) is 0.145. The van der Waals surface area contributed by atoms with Gasteiger partial charge in [-0.15, -0.1) is 0 Å². The monoisotopic (exact) mass is 1160 g/mol. The smallest absolute Gasteiger partial charge is 0.287 e. The van der Waals surface area contributed by atoms with E-state index in [9.17, 15) is 120 Å². The Hall–Kier alpha value is -7.82. The molecule has 0 bridgehead atoms. The number of carbonyl (C=O) groups excluding carboxylic acids is 1. The van der Waals surface area contributed by atoms with Crippen LogP contribution in [0.15, 0.2) is 140 Å². The van der Waals surface area contributed by atoms with Crippen LogP contribution in [0, 0.1) is 10.1 Å². The highest BCUT2D eigenvalue weighted by Crippen LogP contribution is 2.41. The second-order valence-electron chi connectivity index (χ2n) is 17.2. The minimum absolute atomic E-state index is 0.0384. The van der Waals surface area contributed by atoms with Crippen molar-refractivity contribution in [2.45, 2.75) is 56.0 Å². The van der Waals surface area contributed by atoms with Gasteiger partial charge in [0.2, 0.25) is 12.3 Å². The second-order valence-corrected chi connectivity index (χ2v) is 17.2. The standard InChI is InChI=1S/C32H12BF24.C17H13N2O3/c34-25(35,36)13-1-14(26(37,38)39)6-21(5-13)33(22-7-15(27(40,41)42)2-16(8-22)28(43,44)45,23-9-17(29(46,47)48)3-18(10-23)30(49,50)51)24-11-19(31(52,53)54)4-20(12-24)32(55,56)57;20-17(14-5-2-1-3-6-14)12-18-10-9-13-7-4-8-16(19(21)22)15(13)11-18/h1-12H;1-11H,12H2/q-1;+1. The molecule has 0 aliphatic carbocycles. The van der Waals surface area contributed by atoms with Crippen molar-refractivity contribution in [3.63, 3.8) is 0 Å². The molecule has 5 nitrogen and oxygen atoms in total. The van der Waals surface area contributed by atoms with Gasteiger partial charge in [0.15, 0.2) is 12.4 Å². The molecular formula is C49H25BF24N2O3. The van der Waals surface area contributed by atoms with E-state index in [1.807, 2.05) is 24.3 Å². The molecule has 30 heteroatoms. The summed E-state index contributed by atoms with van der Waals surface area (Å²) in [5, 5.41) is 12.4. The molecule has 7 rings (SSSR count). The normalized spacial score (nSPS) is 13.3. The summed E-state index contributed by atoms with van der Waals surface area (Å²) in [7, 11) is 0. The zero-order valence-electron chi connectivity index (χ0n) is 38.3. The number of non-ortho nitro benzene ring substituents is 1. The van der Waals surface area contributed by atoms with Crippen molar-refractivity contribution in [1.82, 2.24) is 0 Å². The Morgan fingerprint density at radius 3 is 0.962 bits per heavy atom. The van der Waals surface area contributed by atoms with Gasteiger partial charge >= 0.3 is 49.4 Å². The van der Waals surface area contributed by atoms with Crippen molar-refractivity contribution < 1.29 is 120 Å². The summed E-state index contributed by atoms with van der Waals surface area (Å²) in [6.07, 6.45) is -51.4. The fourth-order valence-electron chi connectivity index (χ4n) is 8.45. The Morgan fingerprint density at radius 1 is 0.405 bits per heavy atom. The highest BCUT2D eigenvalue weighted by molar-refractivity contribution is 7.20. The van der Waals surface area contributed by atoms with E-state index in [1.54, 1.807) is 41.2 Å². The largest absolute Gasteiger partial charge is 0.416 e. The lowest BCUT2D eigenvalue weighted by atomic mass is 9.12. The Bertz CT molecular complexity index is 2990. The van der Waals surface area contributed by atoms with E-state index < -0.39 is 200 Å². The Labute approximate surface area is 425 Å². The number of ketones is 1. The van der Waals surface area contributed by atoms with Gasteiger partial charge in [0.05, 0.1) is 49.4 Å². The van der Waals surface area contributed by atoms with Gasteiger partial charge in [0.1, 0.15) is 11.5 Å². The van der Waals surface area contributed by atoms with Gasteiger partial charge in [-0.3, -0.25) is 14.9 Å². The number of pyridine rings is 1. The first-order valence-electron chi connectivity index (χ1n) is 21.4. The highest BCUT2D eigenvalue weighted by atomic mass is 19.4. The first-order valence-corrected chi connectivity index (χ1v) is 21.4. The van der Waals surface area contributed by atoms with E-state index in [-0.39, 0.29) is 18.0 Å². The summed E-state index contributed by atoms with van der Waals surface area (Å²) >= 11 is 0. The maximum absolute atomic E-state index is 14.2. The predicted molar refractivity (Wildman–Crippen MR) is 232 cm³/mol. The number of nitrogens with zero attached hydrogens (tertiary/aromatic N) is 2. The SMILES string of the molecule is FC(F)(F)c1cc([B-](c2cc(C(F)(F)F)cc(C(F)(F)F)c2)(c2cc(C(F)(F)F)cc(C(F)(F)F)c2)c2cc(C(F)(F)F)cc(C(F)(F)F)c2)cc(C(F)(F)F)c1.O=C(C[n+]1ccc2cccc([N+](=O)[O-])c2c1)c1ccccc1. The third-order valence-electron chi connectivity index (χ3n) is 11.9. The van der Waals surface area contributed by atoms with Crippen molar-refractivity contribution in [2.24, 2.45) is 0 Å². The number of fused-ring (bicyclic) bond motifs is 1. The van der Waals surface area contributed by atoms with Crippen molar-refractivity contribution in [1.29, 1.82) is 0 Å². The number of nitro groups is 1. The Morgan fingerprint density at radius 2 is 0.696 bits per heavy atom. The van der Waals surface area contributed by atoms with Crippen LogP contribution in [0.1, 0.15) is 54.9 Å². The molecular weight excluding hydrogens is 1130 g/mol. The number of hydrogen-bond acceptors (Lipinski definition) is 3. The number of Topliss-reactive ketones (excluding diaryl/α,β-unsaturated/α-hetero) is 1. The van der Waals surface area contributed by atoms with Crippen LogP contribution in [0.4, 0.5) is 111 Å². The van der Waals surface area contributed by atoms with Crippen LogP contribution in [-0.4, -0.2) is 16.9 Å². The third-order valence-corrected chi connectivity index (χ3v) is 11.9. The number of nitro benzene ring substituents is 1. The lowest BCUT2D eigenvalue weighted by Crippen LogP contribution is -2.75. The van der Waals surface area contributed by atoms with Gasteiger partial charge in [-0.05, 0) is 24.3 Å². The number of alkyl halides is 24. The molecule has 0 fully saturated rings. The minimum Gasteiger partial charge on any atom is -0.287 e. The van der Waals surface area contributed by atoms with E-state index in [0.29, 0.717) is 10.9 Å². The lowest BCUT2D eigenvalue weighted by molar-refractivity contribution is -0.681. The molecule has 0 atom stereocenters. The first kappa shape index (κ1) is 60.4. The molecule has 7 aromatic rings. The fraction of sp³-hybridized carbons (Fsp3) is 0.184. The summed E-state index contributed by atoms with van der Waals surface area (Å²) in [5.74, 6) is -0.0384. The van der Waals surface area contributed by atoms with Crippen molar-refractivity contribution in [3.8, 4) is 0 Å². The fourth-order valence-corrected chi connectivity index (χ4v) is 8.45. The van der Waals surface area contributed by atoms with E-state index in [4.69, 9.17) is 0 Å². The number of rotatable bonds is 8. The van der Waals surface area contributed by atoms with E-state index >= 15 is 0 Å². The summed E-state index contributed by atoms with van der Waals surface area (Å²) in [6, 6.07) is 6.88. The molecule has 1 aromatic heterocycles. The maximum atomic E-state index is 14.2. The molecule has 0 saturated carbocycles. The van der Waals surface area contributed by atoms with Crippen LogP contribution in [0.2, 0.25) is 0 Å². The number of halogens is 24. The van der Waals surface area contributed by atoms with Crippen molar-refractivity contribution >= 4 is 50.2 Å². The van der Waals surface area contributed by atoms with Gasteiger partial charge in [0, 0.05) is 23.1 Å². The van der Waals surface area contributed by atoms with Crippen LogP contribution in [-0.2, 0) is 56.0 Å². The number of carbonyl (C=O) groups is 1. The molecule has 0 radical (unpaired) electrons. The van der Waals surface area contributed by atoms with Crippen molar-refractivity contribution in [3.05, 3.63) is 200 Å². The van der Waals surface area contributed by atoms with E-state index in [2.05, 4.69) is 0 Å². The molecule has 79 heavy (non-hydrogen) atoms. The van der Waals surface area contributed by atoms with Crippen LogP contribution in [0.5, 0.6) is 0 Å². The van der Waals surface area contributed by atoms with E-state index in [0.717, 1.165) is 5.39 Å². The van der Waals surface area contributed by atoms with Gasteiger partial charge in [-0.25, -0.2) is 0 Å². The highest BCUT2D eigenvalue weighted by Gasteiger charge is 2.47. The number of hydrogen-bond donors (Lipinski definition) is 0. The molecule has 0 unspecified atom stereocenters. The maximum Gasteiger partial charge on any atom is 0.416 e. The Kier molecular flexibility index (Phi) is 15.9. The second kappa shape index (κ2) is 20.8.